The Labute approximate surface area is 115 Å². The van der Waals surface area contributed by atoms with Crippen LogP contribution in [0.2, 0.25) is 0 Å². The SMILES string of the molecule is CCC(N)NCCCCCCCCCCC(C)C. The lowest BCUT2D eigenvalue weighted by Crippen LogP contribution is -2.37. The summed E-state index contributed by atoms with van der Waals surface area (Å²) < 4.78 is 0. The molecule has 0 fully saturated rings. The molecule has 0 rings (SSSR count). The van der Waals surface area contributed by atoms with Crippen molar-refractivity contribution in [2.75, 3.05) is 6.54 Å². The van der Waals surface area contributed by atoms with Gasteiger partial charge in [-0.3, -0.25) is 0 Å². The second-order valence-electron chi connectivity index (χ2n) is 5.98. The molecule has 1 atom stereocenters. The molecule has 0 aliphatic carbocycles. The summed E-state index contributed by atoms with van der Waals surface area (Å²) >= 11 is 0. The van der Waals surface area contributed by atoms with E-state index in [1.54, 1.807) is 0 Å². The van der Waals surface area contributed by atoms with Crippen LogP contribution in [0.5, 0.6) is 0 Å². The van der Waals surface area contributed by atoms with Crippen molar-refractivity contribution in [2.24, 2.45) is 11.7 Å². The number of nitrogens with one attached hydrogen (secondary N) is 1. The number of hydrogen-bond donors (Lipinski definition) is 2. The molecule has 0 radical (unpaired) electrons. The van der Waals surface area contributed by atoms with Crippen LogP contribution in [0.1, 0.15) is 85.0 Å². The average Bonchev–Trinajstić information content (AvgIpc) is 2.35. The Morgan fingerprint density at radius 3 is 1.83 bits per heavy atom. The molecule has 0 spiro atoms. The van der Waals surface area contributed by atoms with Crippen LogP contribution < -0.4 is 11.1 Å². The molecule has 0 saturated heterocycles. The Hall–Kier alpha value is -0.0800. The average molecular weight is 256 g/mol. The maximum atomic E-state index is 5.79. The Bertz CT molecular complexity index is 157. The van der Waals surface area contributed by atoms with Crippen molar-refractivity contribution in [3.63, 3.8) is 0 Å². The predicted octanol–water partition coefficient (Wildman–Crippen LogP) is 4.44. The maximum Gasteiger partial charge on any atom is 0.0543 e. The van der Waals surface area contributed by atoms with Gasteiger partial charge in [0.25, 0.3) is 0 Å². The second kappa shape index (κ2) is 13.4. The summed E-state index contributed by atoms with van der Waals surface area (Å²) in [6.45, 7) is 7.84. The van der Waals surface area contributed by atoms with Crippen LogP contribution in [0.15, 0.2) is 0 Å². The van der Waals surface area contributed by atoms with E-state index in [1.807, 2.05) is 0 Å². The van der Waals surface area contributed by atoms with Gasteiger partial charge in [-0.15, -0.1) is 0 Å². The summed E-state index contributed by atoms with van der Waals surface area (Å²) in [6, 6.07) is 0. The lowest BCUT2D eigenvalue weighted by atomic mass is 10.0. The van der Waals surface area contributed by atoms with Crippen molar-refractivity contribution >= 4 is 0 Å². The molecule has 0 aromatic heterocycles. The molecule has 1 unspecified atom stereocenters. The van der Waals surface area contributed by atoms with Crippen molar-refractivity contribution in [1.82, 2.24) is 5.32 Å². The van der Waals surface area contributed by atoms with Crippen molar-refractivity contribution in [2.45, 2.75) is 91.1 Å². The number of hydrogen-bond acceptors (Lipinski definition) is 2. The highest BCUT2D eigenvalue weighted by molar-refractivity contribution is 4.56. The molecular weight excluding hydrogens is 220 g/mol. The van der Waals surface area contributed by atoms with E-state index in [0.29, 0.717) is 0 Å². The highest BCUT2D eigenvalue weighted by atomic mass is 15.0. The summed E-state index contributed by atoms with van der Waals surface area (Å²) in [7, 11) is 0. The van der Waals surface area contributed by atoms with Gasteiger partial charge in [0.2, 0.25) is 0 Å². The van der Waals surface area contributed by atoms with Crippen LogP contribution in [0.25, 0.3) is 0 Å². The van der Waals surface area contributed by atoms with E-state index in [4.69, 9.17) is 5.73 Å². The molecule has 0 amide bonds. The van der Waals surface area contributed by atoms with Crippen LogP contribution in [-0.2, 0) is 0 Å². The first kappa shape index (κ1) is 17.9. The number of nitrogens with two attached hydrogens (primary N) is 1. The first-order chi connectivity index (χ1) is 8.66. The Kier molecular flexibility index (Phi) is 13.3. The summed E-state index contributed by atoms with van der Waals surface area (Å²) in [6.07, 6.45) is 13.8. The van der Waals surface area contributed by atoms with E-state index < -0.39 is 0 Å². The Balaban J connectivity index is 2.99. The van der Waals surface area contributed by atoms with Gasteiger partial charge < -0.3 is 11.1 Å². The lowest BCUT2D eigenvalue weighted by Gasteiger charge is -2.10. The normalized spacial score (nSPS) is 13.2. The zero-order valence-corrected chi connectivity index (χ0v) is 13.0. The molecule has 3 N–H and O–H groups in total. The topological polar surface area (TPSA) is 38.0 Å². The summed E-state index contributed by atoms with van der Waals surface area (Å²) in [4.78, 5) is 0. The first-order valence-electron chi connectivity index (χ1n) is 8.15. The van der Waals surface area contributed by atoms with E-state index in [-0.39, 0.29) is 6.17 Å². The zero-order valence-electron chi connectivity index (χ0n) is 13.0. The fraction of sp³-hybridized carbons (Fsp3) is 1.00. The van der Waals surface area contributed by atoms with Crippen molar-refractivity contribution in [3.8, 4) is 0 Å². The van der Waals surface area contributed by atoms with E-state index in [9.17, 15) is 0 Å². The lowest BCUT2D eigenvalue weighted by molar-refractivity contribution is 0.482. The van der Waals surface area contributed by atoms with Gasteiger partial charge in [-0.05, 0) is 25.3 Å². The third kappa shape index (κ3) is 14.0. The highest BCUT2D eigenvalue weighted by Gasteiger charge is 1.97. The van der Waals surface area contributed by atoms with Gasteiger partial charge >= 0.3 is 0 Å². The van der Waals surface area contributed by atoms with E-state index >= 15 is 0 Å². The zero-order chi connectivity index (χ0) is 13.6. The van der Waals surface area contributed by atoms with Gasteiger partial charge in [0.15, 0.2) is 0 Å². The fourth-order valence-electron chi connectivity index (χ4n) is 2.17. The molecular formula is C16H36N2. The van der Waals surface area contributed by atoms with Crippen LogP contribution in [0.3, 0.4) is 0 Å². The third-order valence-corrected chi connectivity index (χ3v) is 3.55. The smallest absolute Gasteiger partial charge is 0.0543 e. The minimum atomic E-state index is 0.200. The maximum absolute atomic E-state index is 5.79. The molecule has 0 aromatic rings. The Morgan fingerprint density at radius 2 is 1.33 bits per heavy atom. The molecule has 0 heterocycles. The molecule has 0 aliphatic rings. The highest BCUT2D eigenvalue weighted by Crippen LogP contribution is 2.12. The van der Waals surface area contributed by atoms with Crippen LogP contribution >= 0.6 is 0 Å². The first-order valence-corrected chi connectivity index (χ1v) is 8.15. The van der Waals surface area contributed by atoms with Crippen LogP contribution in [0.4, 0.5) is 0 Å². The van der Waals surface area contributed by atoms with Crippen molar-refractivity contribution in [3.05, 3.63) is 0 Å². The van der Waals surface area contributed by atoms with Gasteiger partial charge in [-0.25, -0.2) is 0 Å². The number of rotatable bonds is 13. The van der Waals surface area contributed by atoms with Crippen molar-refractivity contribution in [1.29, 1.82) is 0 Å². The van der Waals surface area contributed by atoms with Gasteiger partial charge in [0, 0.05) is 0 Å². The summed E-state index contributed by atoms with van der Waals surface area (Å²) in [5.41, 5.74) is 5.79. The molecule has 2 nitrogen and oxygen atoms in total. The molecule has 110 valence electrons. The van der Waals surface area contributed by atoms with Gasteiger partial charge in [-0.2, -0.15) is 0 Å². The van der Waals surface area contributed by atoms with E-state index in [1.165, 1.54) is 57.8 Å². The van der Waals surface area contributed by atoms with Crippen LogP contribution in [0, 0.1) is 5.92 Å². The number of unbranched alkanes of at least 4 members (excludes halogenated alkanes) is 7. The quantitative estimate of drug-likeness (QED) is 0.378. The standard InChI is InChI=1S/C16H36N2/c1-4-16(17)18-14-12-10-8-6-5-7-9-11-13-15(2)3/h15-16,18H,4-14,17H2,1-3H3. The minimum Gasteiger partial charge on any atom is -0.316 e. The Morgan fingerprint density at radius 1 is 0.833 bits per heavy atom. The predicted molar refractivity (Wildman–Crippen MR) is 82.7 cm³/mol. The molecule has 18 heavy (non-hydrogen) atoms. The monoisotopic (exact) mass is 256 g/mol. The van der Waals surface area contributed by atoms with Gasteiger partial charge in [0.1, 0.15) is 0 Å². The molecule has 0 aliphatic heterocycles. The fourth-order valence-corrected chi connectivity index (χ4v) is 2.17. The van der Waals surface area contributed by atoms with E-state index in [2.05, 4.69) is 26.1 Å². The summed E-state index contributed by atoms with van der Waals surface area (Å²) in [5.74, 6) is 0.881. The minimum absolute atomic E-state index is 0.200. The second-order valence-corrected chi connectivity index (χ2v) is 5.98. The summed E-state index contributed by atoms with van der Waals surface area (Å²) in [5, 5.41) is 3.34. The largest absolute Gasteiger partial charge is 0.316 e. The van der Waals surface area contributed by atoms with Gasteiger partial charge in [-0.1, -0.05) is 72.1 Å². The van der Waals surface area contributed by atoms with Crippen molar-refractivity contribution < 1.29 is 0 Å². The van der Waals surface area contributed by atoms with E-state index in [0.717, 1.165) is 18.9 Å². The molecule has 0 saturated carbocycles. The molecule has 2 heteroatoms. The third-order valence-electron chi connectivity index (χ3n) is 3.55. The molecule has 0 aromatic carbocycles. The van der Waals surface area contributed by atoms with Gasteiger partial charge in [0.05, 0.1) is 6.17 Å². The molecule has 0 bridgehead atoms. The van der Waals surface area contributed by atoms with Crippen LogP contribution in [-0.4, -0.2) is 12.7 Å².